The Bertz CT molecular complexity index is 365. The van der Waals surface area contributed by atoms with E-state index in [-0.39, 0.29) is 11.9 Å². The van der Waals surface area contributed by atoms with Crippen molar-refractivity contribution in [3.63, 3.8) is 0 Å². The van der Waals surface area contributed by atoms with Crippen molar-refractivity contribution in [1.82, 2.24) is 10.3 Å². The van der Waals surface area contributed by atoms with Crippen LogP contribution in [0.4, 0.5) is 5.69 Å². The van der Waals surface area contributed by atoms with Gasteiger partial charge in [-0.15, -0.1) is 0 Å². The summed E-state index contributed by atoms with van der Waals surface area (Å²) in [7, 11) is 1.80. The Labute approximate surface area is 103 Å². The molecule has 17 heavy (non-hydrogen) atoms. The lowest BCUT2D eigenvalue weighted by atomic mass is 10.1. The van der Waals surface area contributed by atoms with Crippen LogP contribution in [-0.4, -0.2) is 24.0 Å². The zero-order valence-corrected chi connectivity index (χ0v) is 10.8. The van der Waals surface area contributed by atoms with Crippen molar-refractivity contribution in [1.29, 1.82) is 0 Å². The Morgan fingerprint density at radius 3 is 2.94 bits per heavy atom. The molecule has 1 heterocycles. The van der Waals surface area contributed by atoms with Gasteiger partial charge in [-0.05, 0) is 19.4 Å². The predicted molar refractivity (Wildman–Crippen MR) is 70.2 cm³/mol. The molecule has 0 bridgehead atoms. The van der Waals surface area contributed by atoms with E-state index in [1.807, 2.05) is 6.92 Å². The monoisotopic (exact) mass is 235 g/mol. The summed E-state index contributed by atoms with van der Waals surface area (Å²) < 4.78 is 0. The first-order chi connectivity index (χ1) is 8.19. The number of hydrogen-bond acceptors (Lipinski definition) is 3. The summed E-state index contributed by atoms with van der Waals surface area (Å²) in [5.74, 6) is -0.0638. The third-order valence-electron chi connectivity index (χ3n) is 2.70. The van der Waals surface area contributed by atoms with E-state index in [1.165, 1.54) is 0 Å². The van der Waals surface area contributed by atoms with E-state index in [0.717, 1.165) is 24.9 Å². The van der Waals surface area contributed by atoms with Gasteiger partial charge in [0.1, 0.15) is 0 Å². The van der Waals surface area contributed by atoms with Crippen LogP contribution >= 0.6 is 0 Å². The standard InChI is InChI=1S/C13H21N3O/c1-4-5-6-10(2)16-13(17)11-9-15-8-7-12(11)14-3/h7-10H,4-6H2,1-3H3,(H,14,15)(H,16,17). The third kappa shape index (κ3) is 4.06. The van der Waals surface area contributed by atoms with E-state index < -0.39 is 0 Å². The van der Waals surface area contributed by atoms with Gasteiger partial charge in [0.15, 0.2) is 0 Å². The Morgan fingerprint density at radius 1 is 1.53 bits per heavy atom. The quantitative estimate of drug-likeness (QED) is 0.796. The lowest BCUT2D eigenvalue weighted by Crippen LogP contribution is -2.32. The van der Waals surface area contributed by atoms with Gasteiger partial charge < -0.3 is 10.6 Å². The van der Waals surface area contributed by atoms with E-state index in [9.17, 15) is 4.79 Å². The zero-order chi connectivity index (χ0) is 12.7. The summed E-state index contributed by atoms with van der Waals surface area (Å²) in [5.41, 5.74) is 1.40. The second-order valence-corrected chi connectivity index (χ2v) is 4.19. The molecule has 1 atom stereocenters. The zero-order valence-electron chi connectivity index (χ0n) is 10.8. The van der Waals surface area contributed by atoms with Crippen molar-refractivity contribution in [3.8, 4) is 0 Å². The van der Waals surface area contributed by atoms with Gasteiger partial charge in [-0.1, -0.05) is 19.8 Å². The van der Waals surface area contributed by atoms with Gasteiger partial charge in [0.2, 0.25) is 0 Å². The first-order valence-corrected chi connectivity index (χ1v) is 6.11. The molecule has 0 aromatic carbocycles. The van der Waals surface area contributed by atoms with Crippen molar-refractivity contribution in [3.05, 3.63) is 24.0 Å². The summed E-state index contributed by atoms with van der Waals surface area (Å²) in [6.07, 6.45) is 6.55. The van der Waals surface area contributed by atoms with Gasteiger partial charge in [-0.2, -0.15) is 0 Å². The number of amides is 1. The molecule has 0 aliphatic heterocycles. The average molecular weight is 235 g/mol. The van der Waals surface area contributed by atoms with E-state index in [2.05, 4.69) is 22.5 Å². The summed E-state index contributed by atoms with van der Waals surface area (Å²) in [5, 5.41) is 5.98. The molecule has 4 nitrogen and oxygen atoms in total. The van der Waals surface area contributed by atoms with Crippen LogP contribution < -0.4 is 10.6 Å². The molecule has 0 aliphatic carbocycles. The number of rotatable bonds is 6. The van der Waals surface area contributed by atoms with Crippen molar-refractivity contribution in [2.45, 2.75) is 39.2 Å². The first kappa shape index (κ1) is 13.5. The van der Waals surface area contributed by atoms with E-state index >= 15 is 0 Å². The SMILES string of the molecule is CCCCC(C)NC(=O)c1cnccc1NC. The van der Waals surface area contributed by atoms with Gasteiger partial charge in [0.05, 0.1) is 5.56 Å². The Balaban J connectivity index is 2.63. The van der Waals surface area contributed by atoms with Crippen LogP contribution in [0.5, 0.6) is 0 Å². The maximum atomic E-state index is 12.0. The van der Waals surface area contributed by atoms with Crippen molar-refractivity contribution >= 4 is 11.6 Å². The minimum Gasteiger partial charge on any atom is -0.387 e. The summed E-state index contributed by atoms with van der Waals surface area (Å²) in [6.45, 7) is 4.18. The van der Waals surface area contributed by atoms with Gasteiger partial charge in [-0.3, -0.25) is 9.78 Å². The third-order valence-corrected chi connectivity index (χ3v) is 2.70. The average Bonchev–Trinajstić information content (AvgIpc) is 2.36. The first-order valence-electron chi connectivity index (χ1n) is 6.11. The molecule has 2 N–H and O–H groups in total. The molecule has 1 rings (SSSR count). The molecule has 4 heteroatoms. The van der Waals surface area contributed by atoms with Gasteiger partial charge >= 0.3 is 0 Å². The van der Waals surface area contributed by atoms with Gasteiger partial charge in [-0.25, -0.2) is 0 Å². The van der Waals surface area contributed by atoms with Crippen LogP contribution in [0, 0.1) is 0 Å². The van der Waals surface area contributed by atoms with Crippen molar-refractivity contribution in [2.75, 3.05) is 12.4 Å². The molecule has 0 fully saturated rings. The number of hydrogen-bond donors (Lipinski definition) is 2. The molecule has 0 radical (unpaired) electrons. The minimum atomic E-state index is -0.0638. The number of nitrogens with one attached hydrogen (secondary N) is 2. The van der Waals surface area contributed by atoms with E-state index in [0.29, 0.717) is 5.56 Å². The predicted octanol–water partition coefficient (Wildman–Crippen LogP) is 2.43. The Morgan fingerprint density at radius 2 is 2.29 bits per heavy atom. The summed E-state index contributed by atoms with van der Waals surface area (Å²) in [6, 6.07) is 2.00. The molecule has 0 aliphatic rings. The maximum absolute atomic E-state index is 12.0. The summed E-state index contributed by atoms with van der Waals surface area (Å²) in [4.78, 5) is 16.0. The molecule has 1 amide bonds. The highest BCUT2D eigenvalue weighted by atomic mass is 16.1. The number of carbonyl (C=O) groups excluding carboxylic acids is 1. The smallest absolute Gasteiger partial charge is 0.255 e. The Hall–Kier alpha value is -1.58. The fraction of sp³-hybridized carbons (Fsp3) is 0.538. The van der Waals surface area contributed by atoms with Crippen molar-refractivity contribution < 1.29 is 4.79 Å². The number of unbranched alkanes of at least 4 members (excludes halogenated alkanes) is 1. The number of nitrogens with zero attached hydrogens (tertiary/aromatic N) is 1. The second kappa shape index (κ2) is 6.89. The number of pyridine rings is 1. The molecule has 1 unspecified atom stereocenters. The van der Waals surface area contributed by atoms with E-state index in [4.69, 9.17) is 0 Å². The van der Waals surface area contributed by atoms with E-state index in [1.54, 1.807) is 25.5 Å². The molecule has 0 saturated carbocycles. The highest BCUT2D eigenvalue weighted by Crippen LogP contribution is 2.12. The minimum absolute atomic E-state index is 0.0638. The molecule has 1 aromatic rings. The molecular formula is C13H21N3O. The molecule has 0 spiro atoms. The lowest BCUT2D eigenvalue weighted by molar-refractivity contribution is 0.0938. The van der Waals surface area contributed by atoms with Crippen molar-refractivity contribution in [2.24, 2.45) is 0 Å². The fourth-order valence-electron chi connectivity index (χ4n) is 1.68. The Kier molecular flexibility index (Phi) is 5.46. The van der Waals surface area contributed by atoms with Gasteiger partial charge in [0, 0.05) is 31.2 Å². The molecule has 0 saturated heterocycles. The van der Waals surface area contributed by atoms with Crippen LogP contribution in [0.2, 0.25) is 0 Å². The number of carbonyl (C=O) groups is 1. The topological polar surface area (TPSA) is 54.0 Å². The fourth-order valence-corrected chi connectivity index (χ4v) is 1.68. The molecule has 94 valence electrons. The maximum Gasteiger partial charge on any atom is 0.255 e. The van der Waals surface area contributed by atoms with Crippen LogP contribution in [0.25, 0.3) is 0 Å². The number of aromatic nitrogens is 1. The lowest BCUT2D eigenvalue weighted by Gasteiger charge is -2.14. The second-order valence-electron chi connectivity index (χ2n) is 4.19. The van der Waals surface area contributed by atoms with Gasteiger partial charge in [0.25, 0.3) is 5.91 Å². The highest BCUT2D eigenvalue weighted by Gasteiger charge is 2.12. The van der Waals surface area contributed by atoms with Crippen LogP contribution in [-0.2, 0) is 0 Å². The summed E-state index contributed by atoms with van der Waals surface area (Å²) >= 11 is 0. The highest BCUT2D eigenvalue weighted by molar-refractivity contribution is 5.99. The molecular weight excluding hydrogens is 214 g/mol. The van der Waals surface area contributed by atoms with Crippen LogP contribution in [0.1, 0.15) is 43.5 Å². The number of anilines is 1. The normalized spacial score (nSPS) is 11.9. The molecule has 1 aromatic heterocycles. The van der Waals surface area contributed by atoms with Crippen LogP contribution in [0.3, 0.4) is 0 Å². The largest absolute Gasteiger partial charge is 0.387 e. The van der Waals surface area contributed by atoms with Crippen LogP contribution in [0.15, 0.2) is 18.5 Å².